The van der Waals surface area contributed by atoms with Gasteiger partial charge in [0.15, 0.2) is 0 Å². The first-order chi connectivity index (χ1) is 9.75. The predicted octanol–water partition coefficient (Wildman–Crippen LogP) is 2.90. The van der Waals surface area contributed by atoms with E-state index in [2.05, 4.69) is 22.2 Å². The Morgan fingerprint density at radius 1 is 1.35 bits per heavy atom. The first-order valence-electron chi connectivity index (χ1n) is 6.93. The maximum absolute atomic E-state index is 12.4. The van der Waals surface area contributed by atoms with Crippen LogP contribution < -0.4 is 5.56 Å². The van der Waals surface area contributed by atoms with Crippen LogP contribution in [0.1, 0.15) is 25.1 Å². The van der Waals surface area contributed by atoms with Crippen molar-refractivity contribution in [3.05, 3.63) is 52.6 Å². The third-order valence-electron chi connectivity index (χ3n) is 3.62. The van der Waals surface area contributed by atoms with E-state index < -0.39 is 0 Å². The van der Waals surface area contributed by atoms with Crippen LogP contribution in [-0.2, 0) is 0 Å². The Morgan fingerprint density at radius 2 is 2.20 bits per heavy atom. The predicted molar refractivity (Wildman–Crippen MR) is 81.1 cm³/mol. The average Bonchev–Trinajstić information content (AvgIpc) is 2.48. The molecule has 0 bridgehead atoms. The average molecular weight is 267 g/mol. The SMILES string of the molecule is Cc1nc2ccccc2c(=O)n1/N=C\[C@@H]1CC=CCC1. The minimum absolute atomic E-state index is 0.101. The lowest BCUT2D eigenvalue weighted by Gasteiger charge is -2.12. The Bertz CT molecular complexity index is 743. The van der Waals surface area contributed by atoms with E-state index >= 15 is 0 Å². The molecule has 0 fully saturated rings. The van der Waals surface area contributed by atoms with Gasteiger partial charge in [-0.1, -0.05) is 24.3 Å². The van der Waals surface area contributed by atoms with Crippen molar-refractivity contribution in [3.8, 4) is 0 Å². The Balaban J connectivity index is 2.01. The lowest BCUT2D eigenvalue weighted by molar-refractivity contribution is 0.619. The van der Waals surface area contributed by atoms with Crippen molar-refractivity contribution in [1.82, 2.24) is 9.66 Å². The molecule has 3 rings (SSSR count). The number of hydrogen-bond acceptors (Lipinski definition) is 3. The standard InChI is InChI=1S/C16H17N3O/c1-12-18-15-10-6-5-9-14(15)16(20)19(12)17-11-13-7-3-2-4-8-13/h2-3,5-6,9-11,13H,4,7-8H2,1H3/b17-11-/t13-/m1/s1. The monoisotopic (exact) mass is 267 g/mol. The summed E-state index contributed by atoms with van der Waals surface area (Å²) >= 11 is 0. The lowest BCUT2D eigenvalue weighted by Crippen LogP contribution is -2.21. The molecular formula is C16H17N3O. The fourth-order valence-corrected chi connectivity index (χ4v) is 2.48. The Morgan fingerprint density at radius 3 is 3.00 bits per heavy atom. The first-order valence-corrected chi connectivity index (χ1v) is 6.93. The van der Waals surface area contributed by atoms with Crippen LogP contribution in [0.5, 0.6) is 0 Å². The van der Waals surface area contributed by atoms with Gasteiger partial charge in [-0.05, 0) is 44.2 Å². The third-order valence-corrected chi connectivity index (χ3v) is 3.62. The van der Waals surface area contributed by atoms with Gasteiger partial charge >= 0.3 is 0 Å². The third kappa shape index (κ3) is 2.41. The van der Waals surface area contributed by atoms with Gasteiger partial charge in [-0.15, -0.1) is 0 Å². The van der Waals surface area contributed by atoms with Crippen molar-refractivity contribution in [2.24, 2.45) is 11.0 Å². The molecule has 1 atom stereocenters. The normalized spacial score (nSPS) is 18.9. The highest BCUT2D eigenvalue weighted by molar-refractivity contribution is 5.77. The summed E-state index contributed by atoms with van der Waals surface area (Å²) < 4.78 is 1.40. The van der Waals surface area contributed by atoms with E-state index in [1.807, 2.05) is 31.3 Å². The van der Waals surface area contributed by atoms with Gasteiger partial charge in [0, 0.05) is 6.21 Å². The lowest BCUT2D eigenvalue weighted by atomic mass is 9.96. The number of para-hydroxylation sites is 1. The van der Waals surface area contributed by atoms with Crippen LogP contribution in [0, 0.1) is 12.8 Å². The molecular weight excluding hydrogens is 250 g/mol. The van der Waals surface area contributed by atoms with Gasteiger partial charge in [-0.2, -0.15) is 9.78 Å². The Labute approximate surface area is 117 Å². The molecule has 4 heteroatoms. The molecule has 1 heterocycles. The molecule has 2 aromatic rings. The second kappa shape index (κ2) is 5.41. The topological polar surface area (TPSA) is 47.2 Å². The summed E-state index contributed by atoms with van der Waals surface area (Å²) in [7, 11) is 0. The number of hydrogen-bond donors (Lipinski definition) is 0. The molecule has 0 N–H and O–H groups in total. The summed E-state index contributed by atoms with van der Waals surface area (Å²) in [5, 5.41) is 4.97. The maximum atomic E-state index is 12.4. The minimum Gasteiger partial charge on any atom is -0.267 e. The molecule has 0 spiro atoms. The zero-order chi connectivity index (χ0) is 13.9. The summed E-state index contributed by atoms with van der Waals surface area (Å²) in [5.74, 6) is 1.04. The van der Waals surface area contributed by atoms with E-state index in [1.165, 1.54) is 4.68 Å². The van der Waals surface area contributed by atoms with Crippen LogP contribution in [0.2, 0.25) is 0 Å². The number of aryl methyl sites for hydroxylation is 1. The summed E-state index contributed by atoms with van der Waals surface area (Å²) in [5.41, 5.74) is 0.623. The van der Waals surface area contributed by atoms with E-state index in [1.54, 1.807) is 6.07 Å². The van der Waals surface area contributed by atoms with Crippen molar-refractivity contribution >= 4 is 17.1 Å². The van der Waals surface area contributed by atoms with Crippen molar-refractivity contribution < 1.29 is 0 Å². The van der Waals surface area contributed by atoms with Crippen molar-refractivity contribution in [3.63, 3.8) is 0 Å². The summed E-state index contributed by atoms with van der Waals surface area (Å²) in [6, 6.07) is 7.38. The molecule has 1 aliphatic rings. The quantitative estimate of drug-likeness (QED) is 0.620. The number of benzene rings is 1. The van der Waals surface area contributed by atoms with Crippen LogP contribution in [0.3, 0.4) is 0 Å². The molecule has 0 saturated heterocycles. The van der Waals surface area contributed by atoms with Crippen molar-refractivity contribution in [2.45, 2.75) is 26.2 Å². The van der Waals surface area contributed by atoms with E-state index in [0.29, 0.717) is 17.1 Å². The molecule has 1 aromatic heterocycles. The van der Waals surface area contributed by atoms with E-state index in [9.17, 15) is 4.79 Å². The molecule has 0 radical (unpaired) electrons. The fourth-order valence-electron chi connectivity index (χ4n) is 2.48. The van der Waals surface area contributed by atoms with E-state index in [4.69, 9.17) is 0 Å². The first kappa shape index (κ1) is 12.8. The van der Waals surface area contributed by atoms with Gasteiger partial charge in [0.05, 0.1) is 10.9 Å². The fraction of sp³-hybridized carbons (Fsp3) is 0.312. The molecule has 0 saturated carbocycles. The van der Waals surface area contributed by atoms with Crippen LogP contribution >= 0.6 is 0 Å². The van der Waals surface area contributed by atoms with Gasteiger partial charge in [0.1, 0.15) is 5.82 Å². The second-order valence-electron chi connectivity index (χ2n) is 5.10. The van der Waals surface area contributed by atoms with Crippen LogP contribution in [-0.4, -0.2) is 15.9 Å². The summed E-state index contributed by atoms with van der Waals surface area (Å²) in [6.07, 6.45) is 9.43. The molecule has 0 amide bonds. The van der Waals surface area contributed by atoms with E-state index in [-0.39, 0.29) is 5.56 Å². The number of allylic oxidation sites excluding steroid dienone is 2. The largest absolute Gasteiger partial charge is 0.282 e. The minimum atomic E-state index is -0.101. The zero-order valence-electron chi connectivity index (χ0n) is 11.5. The van der Waals surface area contributed by atoms with Crippen LogP contribution in [0.25, 0.3) is 10.9 Å². The van der Waals surface area contributed by atoms with Gasteiger partial charge in [0.2, 0.25) is 0 Å². The van der Waals surface area contributed by atoms with Crippen molar-refractivity contribution in [1.29, 1.82) is 0 Å². The van der Waals surface area contributed by atoms with Gasteiger partial charge < -0.3 is 0 Å². The van der Waals surface area contributed by atoms with Crippen molar-refractivity contribution in [2.75, 3.05) is 0 Å². The molecule has 1 aromatic carbocycles. The highest BCUT2D eigenvalue weighted by atomic mass is 16.1. The summed E-state index contributed by atoms with van der Waals surface area (Å²) in [6.45, 7) is 1.81. The highest BCUT2D eigenvalue weighted by Gasteiger charge is 2.09. The Hall–Kier alpha value is -2.23. The van der Waals surface area contributed by atoms with E-state index in [0.717, 1.165) is 24.8 Å². The summed E-state index contributed by atoms with van der Waals surface area (Å²) in [4.78, 5) is 16.9. The smallest absolute Gasteiger partial charge is 0.267 e. The maximum Gasteiger partial charge on any atom is 0.282 e. The molecule has 102 valence electrons. The second-order valence-corrected chi connectivity index (χ2v) is 5.10. The number of aromatic nitrogens is 2. The zero-order valence-corrected chi connectivity index (χ0v) is 11.5. The van der Waals surface area contributed by atoms with Gasteiger partial charge in [-0.3, -0.25) is 4.79 Å². The van der Waals surface area contributed by atoms with Gasteiger partial charge in [0.25, 0.3) is 5.56 Å². The number of rotatable bonds is 2. The highest BCUT2D eigenvalue weighted by Crippen LogP contribution is 2.16. The Kier molecular flexibility index (Phi) is 3.46. The van der Waals surface area contributed by atoms with Crippen LogP contribution in [0.4, 0.5) is 0 Å². The van der Waals surface area contributed by atoms with Crippen LogP contribution in [0.15, 0.2) is 46.3 Å². The molecule has 20 heavy (non-hydrogen) atoms. The molecule has 4 nitrogen and oxygen atoms in total. The molecule has 0 aliphatic heterocycles. The molecule has 0 unspecified atom stereocenters. The molecule has 1 aliphatic carbocycles. The number of fused-ring (bicyclic) bond motifs is 1. The van der Waals surface area contributed by atoms with Gasteiger partial charge in [-0.25, -0.2) is 4.98 Å². The number of nitrogens with zero attached hydrogens (tertiary/aromatic N) is 3.